The number of rotatable bonds is 9. The van der Waals surface area contributed by atoms with E-state index in [2.05, 4.69) is 10.4 Å². The summed E-state index contributed by atoms with van der Waals surface area (Å²) in [6.07, 6.45) is 1.12. The highest BCUT2D eigenvalue weighted by Crippen LogP contribution is 2.37. The van der Waals surface area contributed by atoms with Gasteiger partial charge in [-0.1, -0.05) is 54.6 Å². The predicted octanol–water partition coefficient (Wildman–Crippen LogP) is 1.81. The van der Waals surface area contributed by atoms with Crippen molar-refractivity contribution in [3.05, 3.63) is 71.3 Å². The Balaban J connectivity index is 1.82. The van der Waals surface area contributed by atoms with Crippen molar-refractivity contribution in [2.75, 3.05) is 13.1 Å². The van der Waals surface area contributed by atoms with Crippen molar-refractivity contribution in [1.82, 2.24) is 15.1 Å². The molecule has 0 aromatic heterocycles. The number of amides is 4. The van der Waals surface area contributed by atoms with Gasteiger partial charge in [-0.15, -0.1) is 0 Å². The minimum atomic E-state index is -1.30. The minimum Gasteiger partial charge on any atom is -0.481 e. The number of hydrazone groups is 1. The summed E-state index contributed by atoms with van der Waals surface area (Å²) in [7, 11) is 0. The Morgan fingerprint density at radius 3 is 2.35 bits per heavy atom. The number of carbonyl (C=O) groups excluding carboxylic acids is 3. The standard InChI is InChI=1S/C24H27N5O5/c1-3-29-23(34)28(22(33)24(29,2)18-11-9-16(10-12-18)14-26-25)15-20(30)27-19(13-21(31)32)17-7-5-4-6-8-17/h4-12,14,19H,3,13,15,25H2,1-2H3,(H,27,30)(H,31,32)/b26-14+. The van der Waals surface area contributed by atoms with E-state index in [4.69, 9.17) is 5.84 Å². The first-order chi connectivity index (χ1) is 16.2. The summed E-state index contributed by atoms with van der Waals surface area (Å²) < 4.78 is 0. The van der Waals surface area contributed by atoms with E-state index in [9.17, 15) is 24.3 Å². The summed E-state index contributed by atoms with van der Waals surface area (Å²) >= 11 is 0. The van der Waals surface area contributed by atoms with E-state index in [1.54, 1.807) is 68.4 Å². The molecule has 0 aliphatic carbocycles. The first-order valence-electron chi connectivity index (χ1n) is 10.8. The van der Waals surface area contributed by atoms with Gasteiger partial charge in [-0.25, -0.2) is 4.79 Å². The van der Waals surface area contributed by atoms with Crippen LogP contribution in [0.1, 0.15) is 43.0 Å². The van der Waals surface area contributed by atoms with Crippen molar-refractivity contribution in [3.8, 4) is 0 Å². The van der Waals surface area contributed by atoms with E-state index in [0.717, 1.165) is 10.5 Å². The molecule has 4 amide bonds. The fourth-order valence-corrected chi connectivity index (χ4v) is 4.15. The monoisotopic (exact) mass is 465 g/mol. The maximum absolute atomic E-state index is 13.4. The number of aliphatic carboxylic acids is 1. The summed E-state index contributed by atoms with van der Waals surface area (Å²) in [4.78, 5) is 53.0. The largest absolute Gasteiger partial charge is 0.481 e. The molecule has 1 aliphatic heterocycles. The maximum atomic E-state index is 13.4. The maximum Gasteiger partial charge on any atom is 0.328 e. The fourth-order valence-electron chi connectivity index (χ4n) is 4.15. The van der Waals surface area contributed by atoms with Crippen LogP contribution in [0.5, 0.6) is 0 Å². The highest BCUT2D eigenvalue weighted by molar-refractivity contribution is 6.09. The number of benzene rings is 2. The number of carboxylic acids is 1. The molecule has 0 radical (unpaired) electrons. The van der Waals surface area contributed by atoms with Gasteiger partial charge >= 0.3 is 12.0 Å². The van der Waals surface area contributed by atoms with Crippen molar-refractivity contribution >= 4 is 30.0 Å². The van der Waals surface area contributed by atoms with Crippen LogP contribution >= 0.6 is 0 Å². The second-order valence-electron chi connectivity index (χ2n) is 8.02. The lowest BCUT2D eigenvalue weighted by atomic mass is 9.89. The first kappa shape index (κ1) is 24.4. The molecule has 34 heavy (non-hydrogen) atoms. The van der Waals surface area contributed by atoms with E-state index in [0.29, 0.717) is 11.1 Å². The number of carbonyl (C=O) groups is 4. The van der Waals surface area contributed by atoms with Gasteiger partial charge in [0.1, 0.15) is 12.1 Å². The number of carboxylic acid groups (broad SMARTS) is 1. The lowest BCUT2D eigenvalue weighted by Crippen LogP contribution is -2.44. The number of hydrogen-bond acceptors (Lipinski definition) is 6. The average Bonchev–Trinajstić information content (AvgIpc) is 3.00. The van der Waals surface area contributed by atoms with E-state index in [1.807, 2.05) is 0 Å². The molecule has 178 valence electrons. The zero-order chi connectivity index (χ0) is 24.9. The van der Waals surface area contributed by atoms with Crippen LogP contribution in [-0.2, 0) is 19.9 Å². The zero-order valence-electron chi connectivity index (χ0n) is 19.0. The van der Waals surface area contributed by atoms with E-state index in [-0.39, 0.29) is 13.0 Å². The quantitative estimate of drug-likeness (QED) is 0.223. The van der Waals surface area contributed by atoms with Crippen LogP contribution in [0.4, 0.5) is 4.79 Å². The molecule has 0 bridgehead atoms. The van der Waals surface area contributed by atoms with Crippen LogP contribution in [0.15, 0.2) is 59.7 Å². The third kappa shape index (κ3) is 4.75. The normalized spacial score (nSPS) is 19.0. The molecule has 0 spiro atoms. The van der Waals surface area contributed by atoms with E-state index >= 15 is 0 Å². The van der Waals surface area contributed by atoms with Gasteiger partial charge < -0.3 is 21.2 Å². The van der Waals surface area contributed by atoms with Crippen LogP contribution in [0.2, 0.25) is 0 Å². The van der Waals surface area contributed by atoms with Gasteiger partial charge in [0, 0.05) is 6.54 Å². The van der Waals surface area contributed by atoms with Crippen molar-refractivity contribution in [2.45, 2.75) is 31.8 Å². The third-order valence-electron chi connectivity index (χ3n) is 5.89. The SMILES string of the molecule is CCN1C(=O)N(CC(=O)NC(CC(=O)O)c2ccccc2)C(=O)C1(C)c1ccc(/C=N/N)cc1. The van der Waals surface area contributed by atoms with Gasteiger partial charge in [-0.2, -0.15) is 5.10 Å². The number of nitrogens with two attached hydrogens (primary N) is 1. The first-order valence-corrected chi connectivity index (χ1v) is 10.8. The van der Waals surface area contributed by atoms with Crippen molar-refractivity contribution in [1.29, 1.82) is 0 Å². The molecule has 10 heteroatoms. The number of nitrogens with one attached hydrogen (secondary N) is 1. The average molecular weight is 466 g/mol. The lowest BCUT2D eigenvalue weighted by molar-refractivity contribution is -0.139. The van der Waals surface area contributed by atoms with Gasteiger partial charge in [-0.3, -0.25) is 19.3 Å². The van der Waals surface area contributed by atoms with Crippen LogP contribution in [-0.4, -0.2) is 58.0 Å². The molecule has 2 atom stereocenters. The highest BCUT2D eigenvalue weighted by atomic mass is 16.4. The Morgan fingerprint density at radius 2 is 1.79 bits per heavy atom. The van der Waals surface area contributed by atoms with Crippen LogP contribution < -0.4 is 11.2 Å². The Kier molecular flexibility index (Phi) is 7.30. The van der Waals surface area contributed by atoms with E-state index < -0.39 is 41.9 Å². The zero-order valence-corrected chi connectivity index (χ0v) is 19.0. The molecule has 3 rings (SSSR count). The summed E-state index contributed by atoms with van der Waals surface area (Å²) in [6.45, 7) is 3.11. The third-order valence-corrected chi connectivity index (χ3v) is 5.89. The lowest BCUT2D eigenvalue weighted by Gasteiger charge is -2.31. The smallest absolute Gasteiger partial charge is 0.328 e. The fraction of sp³-hybridized carbons (Fsp3) is 0.292. The van der Waals surface area contributed by atoms with Gasteiger partial charge in [0.2, 0.25) is 5.91 Å². The number of imide groups is 1. The van der Waals surface area contributed by atoms with Gasteiger partial charge in [0.05, 0.1) is 18.7 Å². The topological polar surface area (TPSA) is 145 Å². The molecule has 2 aromatic rings. The molecule has 1 saturated heterocycles. The summed E-state index contributed by atoms with van der Waals surface area (Å²) in [5, 5.41) is 15.4. The molecule has 2 aromatic carbocycles. The molecule has 4 N–H and O–H groups in total. The Bertz CT molecular complexity index is 1100. The molecule has 10 nitrogen and oxygen atoms in total. The van der Waals surface area contributed by atoms with Crippen LogP contribution in [0.3, 0.4) is 0 Å². The number of likely N-dealkylation sites (N-methyl/N-ethyl adjacent to an activating group) is 1. The number of urea groups is 1. The molecule has 1 heterocycles. The molecule has 1 fully saturated rings. The highest BCUT2D eigenvalue weighted by Gasteiger charge is 2.55. The molecular formula is C24H27N5O5. The second kappa shape index (κ2) is 10.2. The van der Waals surface area contributed by atoms with Crippen molar-refractivity contribution < 1.29 is 24.3 Å². The van der Waals surface area contributed by atoms with Crippen LogP contribution in [0, 0.1) is 0 Å². The van der Waals surface area contributed by atoms with Gasteiger partial charge in [0.25, 0.3) is 5.91 Å². The summed E-state index contributed by atoms with van der Waals surface area (Å²) in [6, 6.07) is 14.2. The Hall–Kier alpha value is -4.21. The van der Waals surface area contributed by atoms with Gasteiger partial charge in [0.15, 0.2) is 0 Å². The number of nitrogens with zero attached hydrogens (tertiary/aromatic N) is 3. The van der Waals surface area contributed by atoms with Crippen molar-refractivity contribution in [2.24, 2.45) is 10.9 Å². The second-order valence-corrected chi connectivity index (χ2v) is 8.02. The van der Waals surface area contributed by atoms with Crippen LogP contribution in [0.25, 0.3) is 0 Å². The molecular weight excluding hydrogens is 438 g/mol. The molecule has 1 aliphatic rings. The number of hydrogen-bond donors (Lipinski definition) is 3. The van der Waals surface area contributed by atoms with E-state index in [1.165, 1.54) is 11.1 Å². The Morgan fingerprint density at radius 1 is 1.15 bits per heavy atom. The van der Waals surface area contributed by atoms with Gasteiger partial charge in [-0.05, 0) is 30.5 Å². The predicted molar refractivity (Wildman–Crippen MR) is 125 cm³/mol. The van der Waals surface area contributed by atoms with Crippen molar-refractivity contribution in [3.63, 3.8) is 0 Å². The minimum absolute atomic E-state index is 0.247. The summed E-state index contributed by atoms with van der Waals surface area (Å²) in [5.41, 5.74) is 0.622. The Labute approximate surface area is 197 Å². The molecule has 2 unspecified atom stereocenters. The molecule has 0 saturated carbocycles. The summed E-state index contributed by atoms with van der Waals surface area (Å²) in [5.74, 6) is 2.92.